The summed E-state index contributed by atoms with van der Waals surface area (Å²) >= 11 is 0. The lowest BCUT2D eigenvalue weighted by Crippen LogP contribution is -2.46. The lowest BCUT2D eigenvalue weighted by atomic mass is 9.84. The van der Waals surface area contributed by atoms with Crippen molar-refractivity contribution in [3.05, 3.63) is 0 Å². The first-order chi connectivity index (χ1) is 7.76. The first kappa shape index (κ1) is 12.0. The van der Waals surface area contributed by atoms with Crippen molar-refractivity contribution in [1.29, 1.82) is 0 Å². The van der Waals surface area contributed by atoms with Crippen LogP contribution in [-0.2, 0) is 0 Å². The topological polar surface area (TPSA) is 15.3 Å². The molecule has 0 aliphatic carbocycles. The van der Waals surface area contributed by atoms with Crippen LogP contribution in [0.25, 0.3) is 0 Å². The molecule has 0 amide bonds. The maximum atomic E-state index is 3.47. The Morgan fingerprint density at radius 3 is 2.44 bits per heavy atom. The summed E-state index contributed by atoms with van der Waals surface area (Å²) in [5, 5.41) is 3.47. The summed E-state index contributed by atoms with van der Waals surface area (Å²) in [6.07, 6.45) is 6.57. The predicted octanol–water partition coefficient (Wildman–Crippen LogP) is 1.86. The molecule has 2 fully saturated rings. The fourth-order valence-corrected chi connectivity index (χ4v) is 3.50. The quantitative estimate of drug-likeness (QED) is 0.730. The number of hydrogen-bond acceptors (Lipinski definition) is 2. The van der Waals surface area contributed by atoms with Crippen molar-refractivity contribution in [2.75, 3.05) is 14.1 Å². The molecule has 2 saturated heterocycles. The summed E-state index contributed by atoms with van der Waals surface area (Å²) in [6, 6.07) is 2.28. The first-order valence-electron chi connectivity index (χ1n) is 6.55. The Morgan fingerprint density at radius 2 is 1.94 bits per heavy atom. The summed E-state index contributed by atoms with van der Waals surface area (Å²) in [6.45, 7) is 1.94. The number of nitrogens with one attached hydrogen (secondary N) is 1. The van der Waals surface area contributed by atoms with Crippen LogP contribution in [0.5, 0.6) is 0 Å². The number of nitrogens with zero attached hydrogens (tertiary/aromatic N) is 1. The van der Waals surface area contributed by atoms with Crippen molar-refractivity contribution in [2.24, 2.45) is 5.92 Å². The average Bonchev–Trinajstić information content (AvgIpc) is 2.54. The summed E-state index contributed by atoms with van der Waals surface area (Å²) in [7, 11) is 4.39. The van der Waals surface area contributed by atoms with Crippen molar-refractivity contribution >= 4 is 0 Å². The maximum Gasteiger partial charge on any atom is 0.0245 e. The van der Waals surface area contributed by atoms with E-state index in [0.717, 1.165) is 24.4 Å². The van der Waals surface area contributed by atoms with Crippen LogP contribution in [0.3, 0.4) is 0 Å². The molecular formula is C14H24N2. The molecule has 0 spiro atoms. The van der Waals surface area contributed by atoms with Gasteiger partial charge in [0.2, 0.25) is 0 Å². The molecule has 2 rings (SSSR count). The predicted molar refractivity (Wildman–Crippen MR) is 68.2 cm³/mol. The van der Waals surface area contributed by atoms with Gasteiger partial charge >= 0.3 is 0 Å². The number of fused-ring (bicyclic) bond motifs is 2. The van der Waals surface area contributed by atoms with Crippen LogP contribution in [0.1, 0.15) is 39.0 Å². The normalized spacial score (nSPS) is 35.6. The second-order valence-corrected chi connectivity index (χ2v) is 5.31. The molecule has 3 atom stereocenters. The fraction of sp³-hybridized carbons (Fsp3) is 0.857. The van der Waals surface area contributed by atoms with Crippen molar-refractivity contribution < 1.29 is 0 Å². The molecule has 2 heterocycles. The Hall–Kier alpha value is -0.520. The smallest absolute Gasteiger partial charge is 0.0245 e. The van der Waals surface area contributed by atoms with Gasteiger partial charge in [0.1, 0.15) is 0 Å². The van der Waals surface area contributed by atoms with Crippen LogP contribution in [-0.4, -0.2) is 37.1 Å². The third kappa shape index (κ3) is 2.26. The van der Waals surface area contributed by atoms with E-state index in [1.54, 1.807) is 0 Å². The summed E-state index contributed by atoms with van der Waals surface area (Å²) < 4.78 is 0. The second kappa shape index (κ2) is 5.21. The molecule has 2 aliphatic rings. The van der Waals surface area contributed by atoms with Gasteiger partial charge in [0.15, 0.2) is 0 Å². The molecule has 3 unspecified atom stereocenters. The van der Waals surface area contributed by atoms with E-state index in [-0.39, 0.29) is 0 Å². The highest BCUT2D eigenvalue weighted by molar-refractivity contribution is 5.02. The Labute approximate surface area is 99.8 Å². The largest absolute Gasteiger partial charge is 0.316 e. The number of hydrogen-bond donors (Lipinski definition) is 1. The highest BCUT2D eigenvalue weighted by Gasteiger charge is 2.40. The monoisotopic (exact) mass is 220 g/mol. The van der Waals surface area contributed by atoms with Crippen LogP contribution >= 0.6 is 0 Å². The lowest BCUT2D eigenvalue weighted by molar-refractivity contribution is 0.115. The van der Waals surface area contributed by atoms with Gasteiger partial charge in [-0.3, -0.25) is 0 Å². The second-order valence-electron chi connectivity index (χ2n) is 5.31. The molecule has 0 aromatic rings. The van der Waals surface area contributed by atoms with E-state index in [1.807, 2.05) is 6.92 Å². The van der Waals surface area contributed by atoms with Crippen LogP contribution in [0.15, 0.2) is 0 Å². The van der Waals surface area contributed by atoms with Gasteiger partial charge in [-0.05, 0) is 52.6 Å². The molecule has 1 N–H and O–H groups in total. The highest BCUT2D eigenvalue weighted by atomic mass is 15.2. The molecule has 2 nitrogen and oxygen atoms in total. The van der Waals surface area contributed by atoms with E-state index in [2.05, 4.69) is 36.2 Å². The number of piperidine rings is 1. The third-order valence-corrected chi connectivity index (χ3v) is 4.57. The van der Waals surface area contributed by atoms with E-state index in [1.165, 1.54) is 25.7 Å². The van der Waals surface area contributed by atoms with E-state index < -0.39 is 0 Å². The van der Waals surface area contributed by atoms with Gasteiger partial charge in [0.25, 0.3) is 0 Å². The molecule has 0 saturated carbocycles. The molecule has 2 heteroatoms. The number of rotatable bonds is 3. The molecule has 0 aromatic carbocycles. The van der Waals surface area contributed by atoms with Gasteiger partial charge in [-0.2, -0.15) is 0 Å². The van der Waals surface area contributed by atoms with Crippen molar-refractivity contribution in [3.8, 4) is 11.8 Å². The highest BCUT2D eigenvalue weighted by Crippen LogP contribution is 2.39. The van der Waals surface area contributed by atoms with Gasteiger partial charge in [-0.15, -0.1) is 11.8 Å². The molecule has 0 radical (unpaired) electrons. The van der Waals surface area contributed by atoms with Crippen LogP contribution in [0.4, 0.5) is 0 Å². The van der Waals surface area contributed by atoms with Crippen LogP contribution < -0.4 is 5.32 Å². The molecular weight excluding hydrogens is 196 g/mol. The Bertz CT molecular complexity index is 275. The fourth-order valence-electron chi connectivity index (χ4n) is 3.50. The van der Waals surface area contributed by atoms with Gasteiger partial charge in [-0.1, -0.05) is 0 Å². The standard InChI is InChI=1S/C14H24N2/c1-4-5-6-14(15-2)11-9-12-7-8-13(10-11)16(12)3/h11-15H,6-10H2,1-3H3. The Kier molecular flexibility index (Phi) is 3.89. The van der Waals surface area contributed by atoms with Gasteiger partial charge < -0.3 is 10.2 Å². The van der Waals surface area contributed by atoms with E-state index in [0.29, 0.717) is 6.04 Å². The van der Waals surface area contributed by atoms with Crippen LogP contribution in [0, 0.1) is 17.8 Å². The first-order valence-corrected chi connectivity index (χ1v) is 6.55. The molecule has 2 bridgehead atoms. The minimum Gasteiger partial charge on any atom is -0.316 e. The average molecular weight is 220 g/mol. The van der Waals surface area contributed by atoms with Crippen molar-refractivity contribution in [2.45, 2.75) is 57.2 Å². The minimum atomic E-state index is 0.601. The lowest BCUT2D eigenvalue weighted by Gasteiger charge is -2.39. The third-order valence-electron chi connectivity index (χ3n) is 4.57. The van der Waals surface area contributed by atoms with Gasteiger partial charge in [0, 0.05) is 24.5 Å². The Balaban J connectivity index is 1.96. The van der Waals surface area contributed by atoms with Crippen LogP contribution in [0.2, 0.25) is 0 Å². The Morgan fingerprint density at radius 1 is 1.31 bits per heavy atom. The maximum absolute atomic E-state index is 3.47. The molecule has 16 heavy (non-hydrogen) atoms. The van der Waals surface area contributed by atoms with Crippen molar-refractivity contribution in [1.82, 2.24) is 10.2 Å². The summed E-state index contributed by atoms with van der Waals surface area (Å²) in [5.74, 6) is 7.08. The SMILES string of the molecule is CC#CCC(NC)C1CC2CCC(C1)N2C. The van der Waals surface area contributed by atoms with Crippen molar-refractivity contribution in [3.63, 3.8) is 0 Å². The molecule has 2 aliphatic heterocycles. The summed E-state index contributed by atoms with van der Waals surface area (Å²) in [4.78, 5) is 2.61. The van der Waals surface area contributed by atoms with Gasteiger partial charge in [0.05, 0.1) is 0 Å². The zero-order chi connectivity index (χ0) is 11.5. The van der Waals surface area contributed by atoms with Gasteiger partial charge in [-0.25, -0.2) is 0 Å². The summed E-state index contributed by atoms with van der Waals surface area (Å²) in [5.41, 5.74) is 0. The van der Waals surface area contributed by atoms with E-state index in [4.69, 9.17) is 0 Å². The molecule has 0 aromatic heterocycles. The van der Waals surface area contributed by atoms with E-state index >= 15 is 0 Å². The zero-order valence-electron chi connectivity index (χ0n) is 10.8. The van der Waals surface area contributed by atoms with E-state index in [9.17, 15) is 0 Å². The minimum absolute atomic E-state index is 0.601. The zero-order valence-corrected chi connectivity index (χ0v) is 10.8. The molecule has 90 valence electrons.